The second-order valence-corrected chi connectivity index (χ2v) is 8.93. The van der Waals surface area contributed by atoms with Crippen LogP contribution in [0.4, 0.5) is 0 Å². The minimum Gasteiger partial charge on any atom is -0.461 e. The maximum absolute atomic E-state index is 13.3. The lowest BCUT2D eigenvalue weighted by Crippen LogP contribution is -2.49. The minimum atomic E-state index is -1.18. The number of aromatic nitrogens is 1. The maximum atomic E-state index is 13.3. The van der Waals surface area contributed by atoms with Gasteiger partial charge in [-0.1, -0.05) is 18.2 Å². The molecule has 0 fully saturated rings. The van der Waals surface area contributed by atoms with Crippen LogP contribution in [-0.4, -0.2) is 86.0 Å². The molecule has 1 heterocycles. The maximum Gasteiger partial charge on any atom is 0.328 e. The van der Waals surface area contributed by atoms with E-state index in [1.165, 1.54) is 0 Å². The zero-order valence-electron chi connectivity index (χ0n) is 21.1. The summed E-state index contributed by atoms with van der Waals surface area (Å²) < 4.78 is 10.8. The molecule has 2 rings (SSSR count). The average molecular weight is 489 g/mol. The lowest BCUT2D eigenvalue weighted by molar-refractivity contribution is -0.158. The van der Waals surface area contributed by atoms with E-state index in [0.29, 0.717) is 0 Å². The van der Waals surface area contributed by atoms with Crippen LogP contribution in [-0.2, 0) is 35.1 Å². The number of nitrogens with zero attached hydrogens (tertiary/aromatic N) is 1. The zero-order valence-corrected chi connectivity index (χ0v) is 21.1. The van der Waals surface area contributed by atoms with Crippen molar-refractivity contribution >= 4 is 34.5 Å². The van der Waals surface area contributed by atoms with Crippen LogP contribution in [0, 0.1) is 0 Å². The predicted molar refractivity (Wildman–Crippen MR) is 132 cm³/mol. The molecule has 10 nitrogen and oxygen atoms in total. The molecule has 2 atom stereocenters. The molecule has 1 aromatic carbocycles. The molecule has 3 N–H and O–H groups in total. The number of para-hydroxylation sites is 1. The first-order chi connectivity index (χ1) is 16.6. The van der Waals surface area contributed by atoms with Crippen molar-refractivity contribution < 1.29 is 28.7 Å². The van der Waals surface area contributed by atoms with Crippen LogP contribution in [0.1, 0.15) is 32.3 Å². The van der Waals surface area contributed by atoms with E-state index in [-0.39, 0.29) is 38.1 Å². The number of nitrogens with one attached hydrogen (secondary N) is 3. The Hall–Kier alpha value is -3.24. The molecule has 0 aliphatic carbocycles. The zero-order chi connectivity index (χ0) is 26.0. The number of hydrogen-bond donors (Lipinski definition) is 3. The van der Waals surface area contributed by atoms with Crippen molar-refractivity contribution in [3.8, 4) is 0 Å². The highest BCUT2D eigenvalue weighted by Gasteiger charge is 2.30. The highest BCUT2D eigenvalue weighted by molar-refractivity contribution is 5.90. The Morgan fingerprint density at radius 1 is 1.09 bits per heavy atom. The molecule has 0 bridgehead atoms. The minimum absolute atomic E-state index is 0.00496. The second-order valence-electron chi connectivity index (χ2n) is 8.93. The van der Waals surface area contributed by atoms with E-state index in [1.807, 2.05) is 24.3 Å². The Kier molecular flexibility index (Phi) is 10.9. The van der Waals surface area contributed by atoms with Gasteiger partial charge in [0.2, 0.25) is 0 Å². The summed E-state index contributed by atoms with van der Waals surface area (Å²) in [5.74, 6) is -1.94. The molecule has 0 spiro atoms. The fourth-order valence-corrected chi connectivity index (χ4v) is 3.56. The van der Waals surface area contributed by atoms with Gasteiger partial charge < -0.3 is 25.1 Å². The quantitative estimate of drug-likeness (QED) is 0.338. The standard InChI is InChI=1S/C25H36N4O6/c1-16(2)34-25(33)21(11-10-18(30)14-26-3)28-24(32)22(35-23(31)15-29(4)5)12-17-13-27-20-9-7-6-8-19(17)20/h6-9,13,16,21-22,26-27H,10-12,14-15H2,1-5H3,(H,28,32)/t21-,22?/m0/s1. The van der Waals surface area contributed by atoms with Crippen molar-refractivity contribution in [1.82, 2.24) is 20.5 Å². The molecule has 2 aromatic rings. The number of H-pyrrole nitrogens is 1. The Labute approximate surface area is 205 Å². The van der Waals surface area contributed by atoms with Gasteiger partial charge in [0, 0.05) is 29.9 Å². The first kappa shape index (κ1) is 28.0. The fourth-order valence-electron chi connectivity index (χ4n) is 3.56. The monoisotopic (exact) mass is 488 g/mol. The van der Waals surface area contributed by atoms with Crippen molar-refractivity contribution in [2.45, 2.75) is 51.4 Å². The number of rotatable bonds is 14. The van der Waals surface area contributed by atoms with Crippen LogP contribution in [0.25, 0.3) is 10.9 Å². The molecule has 192 valence electrons. The second kappa shape index (κ2) is 13.6. The van der Waals surface area contributed by atoms with Gasteiger partial charge in [-0.05, 0) is 53.0 Å². The van der Waals surface area contributed by atoms with E-state index in [2.05, 4.69) is 15.6 Å². The fraction of sp³-hybridized carbons (Fsp3) is 0.520. The Balaban J connectivity index is 2.23. The van der Waals surface area contributed by atoms with E-state index in [4.69, 9.17) is 9.47 Å². The van der Waals surface area contributed by atoms with Crippen molar-refractivity contribution in [1.29, 1.82) is 0 Å². The van der Waals surface area contributed by atoms with Gasteiger partial charge in [-0.3, -0.25) is 19.3 Å². The number of ketones is 1. The van der Waals surface area contributed by atoms with E-state index in [0.717, 1.165) is 16.5 Å². The molecule has 0 saturated carbocycles. The number of benzene rings is 1. The van der Waals surface area contributed by atoms with Crippen LogP contribution in [0.5, 0.6) is 0 Å². The number of esters is 2. The molecule has 1 amide bonds. The number of aromatic amines is 1. The van der Waals surface area contributed by atoms with Gasteiger partial charge in [-0.2, -0.15) is 0 Å². The smallest absolute Gasteiger partial charge is 0.328 e. The summed E-state index contributed by atoms with van der Waals surface area (Å²) in [7, 11) is 5.09. The van der Waals surface area contributed by atoms with Crippen LogP contribution < -0.4 is 10.6 Å². The molecule has 1 aromatic heterocycles. The largest absolute Gasteiger partial charge is 0.461 e. The summed E-state index contributed by atoms with van der Waals surface area (Å²) in [6.45, 7) is 3.55. The number of carbonyl (C=O) groups excluding carboxylic acids is 4. The highest BCUT2D eigenvalue weighted by Crippen LogP contribution is 2.20. The summed E-state index contributed by atoms with van der Waals surface area (Å²) in [4.78, 5) is 55.1. The van der Waals surface area contributed by atoms with Gasteiger partial charge in [0.05, 0.1) is 19.2 Å². The summed E-state index contributed by atoms with van der Waals surface area (Å²) in [6, 6.07) is 6.54. The van der Waals surface area contributed by atoms with E-state index < -0.39 is 36.1 Å². The van der Waals surface area contributed by atoms with E-state index in [9.17, 15) is 19.2 Å². The molecule has 0 saturated heterocycles. The number of carbonyl (C=O) groups is 4. The van der Waals surface area contributed by atoms with E-state index >= 15 is 0 Å². The lowest BCUT2D eigenvalue weighted by Gasteiger charge is -2.23. The van der Waals surface area contributed by atoms with E-state index in [1.54, 1.807) is 46.1 Å². The van der Waals surface area contributed by atoms with Gasteiger partial charge in [-0.25, -0.2) is 4.79 Å². The topological polar surface area (TPSA) is 130 Å². The summed E-state index contributed by atoms with van der Waals surface area (Å²) in [5, 5.41) is 6.33. The van der Waals surface area contributed by atoms with Crippen molar-refractivity contribution in [2.24, 2.45) is 0 Å². The highest BCUT2D eigenvalue weighted by atomic mass is 16.6. The first-order valence-corrected chi connectivity index (χ1v) is 11.7. The molecule has 0 radical (unpaired) electrons. The molecule has 1 unspecified atom stereocenters. The third-order valence-electron chi connectivity index (χ3n) is 5.13. The summed E-state index contributed by atoms with van der Waals surface area (Å²) in [5.41, 5.74) is 1.69. The molecular weight excluding hydrogens is 452 g/mol. The number of hydrogen-bond acceptors (Lipinski definition) is 8. The number of likely N-dealkylation sites (N-methyl/N-ethyl adjacent to an activating group) is 2. The lowest BCUT2D eigenvalue weighted by atomic mass is 10.0. The van der Waals surface area contributed by atoms with Gasteiger partial charge in [0.1, 0.15) is 11.8 Å². The van der Waals surface area contributed by atoms with Crippen molar-refractivity contribution in [3.63, 3.8) is 0 Å². The molecule has 10 heteroatoms. The Morgan fingerprint density at radius 2 is 1.80 bits per heavy atom. The van der Waals surface area contributed by atoms with Crippen LogP contribution in [0.2, 0.25) is 0 Å². The predicted octanol–water partition coefficient (Wildman–Crippen LogP) is 1.19. The molecular formula is C25H36N4O6. The Bertz CT molecular complexity index is 1020. The number of fused-ring (bicyclic) bond motifs is 1. The summed E-state index contributed by atoms with van der Waals surface area (Å²) >= 11 is 0. The first-order valence-electron chi connectivity index (χ1n) is 11.7. The third kappa shape index (κ3) is 9.14. The van der Waals surface area contributed by atoms with Crippen molar-refractivity contribution in [3.05, 3.63) is 36.0 Å². The van der Waals surface area contributed by atoms with Crippen LogP contribution in [0.15, 0.2) is 30.5 Å². The van der Waals surface area contributed by atoms with Crippen LogP contribution >= 0.6 is 0 Å². The number of Topliss-reactive ketones (excluding diaryl/α,β-unsaturated/α-hetero) is 1. The normalized spacial score (nSPS) is 13.0. The molecule has 0 aliphatic rings. The number of ether oxygens (including phenoxy) is 2. The molecule has 0 aliphatic heterocycles. The number of amides is 1. The van der Waals surface area contributed by atoms with Crippen LogP contribution in [0.3, 0.4) is 0 Å². The SMILES string of the molecule is CNCC(=O)CC[C@H](NC(=O)C(Cc1c[nH]c2ccccc12)OC(=O)CN(C)C)C(=O)OC(C)C. The molecule has 35 heavy (non-hydrogen) atoms. The Morgan fingerprint density at radius 3 is 2.46 bits per heavy atom. The van der Waals surface area contributed by atoms with Gasteiger partial charge in [0.15, 0.2) is 6.10 Å². The van der Waals surface area contributed by atoms with Crippen molar-refractivity contribution in [2.75, 3.05) is 34.2 Å². The van der Waals surface area contributed by atoms with Gasteiger partial charge in [-0.15, -0.1) is 0 Å². The summed E-state index contributed by atoms with van der Waals surface area (Å²) in [6.07, 6.45) is 0.458. The van der Waals surface area contributed by atoms with Gasteiger partial charge in [0.25, 0.3) is 5.91 Å². The third-order valence-corrected chi connectivity index (χ3v) is 5.13. The van der Waals surface area contributed by atoms with Gasteiger partial charge >= 0.3 is 11.9 Å². The average Bonchev–Trinajstić information content (AvgIpc) is 3.18.